The molecule has 0 saturated carbocycles. The molecule has 0 radical (unpaired) electrons. The molecule has 76 valence electrons. The predicted octanol–water partition coefficient (Wildman–Crippen LogP) is 1.07. The van der Waals surface area contributed by atoms with Gasteiger partial charge in [0.25, 0.3) is 0 Å². The van der Waals surface area contributed by atoms with Crippen molar-refractivity contribution in [3.8, 4) is 6.07 Å². The van der Waals surface area contributed by atoms with Gasteiger partial charge in [0.15, 0.2) is 0 Å². The SMILES string of the molecule is Cc1cc(CN(C)C(C)C#N)n(C)n1. The molecule has 0 aliphatic carbocycles. The molecule has 1 unspecified atom stereocenters. The Balaban J connectivity index is 2.70. The average Bonchev–Trinajstić information content (AvgIpc) is 2.44. The van der Waals surface area contributed by atoms with Gasteiger partial charge in [-0.25, -0.2) is 0 Å². The summed E-state index contributed by atoms with van der Waals surface area (Å²) in [5.41, 5.74) is 2.15. The Morgan fingerprint density at radius 2 is 2.36 bits per heavy atom. The van der Waals surface area contributed by atoms with Crippen molar-refractivity contribution < 1.29 is 0 Å². The third-order valence-electron chi connectivity index (χ3n) is 2.36. The molecule has 1 rings (SSSR count). The van der Waals surface area contributed by atoms with Crippen LogP contribution in [0.1, 0.15) is 18.3 Å². The van der Waals surface area contributed by atoms with E-state index in [-0.39, 0.29) is 6.04 Å². The summed E-state index contributed by atoms with van der Waals surface area (Å²) >= 11 is 0. The van der Waals surface area contributed by atoms with Crippen LogP contribution in [0.25, 0.3) is 0 Å². The summed E-state index contributed by atoms with van der Waals surface area (Å²) in [4.78, 5) is 2.00. The second kappa shape index (κ2) is 4.25. The molecule has 4 heteroatoms. The van der Waals surface area contributed by atoms with E-state index in [2.05, 4.69) is 11.2 Å². The number of aryl methyl sites for hydroxylation is 2. The minimum Gasteiger partial charge on any atom is -0.285 e. The first kappa shape index (κ1) is 10.7. The van der Waals surface area contributed by atoms with E-state index in [1.165, 1.54) is 0 Å². The summed E-state index contributed by atoms with van der Waals surface area (Å²) in [5.74, 6) is 0. The first-order valence-electron chi connectivity index (χ1n) is 4.64. The van der Waals surface area contributed by atoms with Crippen molar-refractivity contribution in [2.24, 2.45) is 7.05 Å². The zero-order valence-electron chi connectivity index (χ0n) is 9.15. The monoisotopic (exact) mass is 192 g/mol. The lowest BCUT2D eigenvalue weighted by molar-refractivity contribution is 0.286. The van der Waals surface area contributed by atoms with Gasteiger partial charge < -0.3 is 0 Å². The number of nitrogens with zero attached hydrogens (tertiary/aromatic N) is 4. The third kappa shape index (κ3) is 2.33. The zero-order chi connectivity index (χ0) is 10.7. The molecule has 1 heterocycles. The molecule has 0 spiro atoms. The fraction of sp³-hybridized carbons (Fsp3) is 0.600. The van der Waals surface area contributed by atoms with Gasteiger partial charge in [0.05, 0.1) is 23.5 Å². The highest BCUT2D eigenvalue weighted by Crippen LogP contribution is 2.06. The van der Waals surface area contributed by atoms with E-state index in [0.29, 0.717) is 0 Å². The average molecular weight is 192 g/mol. The molecule has 1 aromatic rings. The Morgan fingerprint density at radius 3 is 2.79 bits per heavy atom. The highest BCUT2D eigenvalue weighted by molar-refractivity contribution is 5.08. The van der Waals surface area contributed by atoms with Crippen LogP contribution in [0.2, 0.25) is 0 Å². The molecular formula is C10H16N4. The number of aromatic nitrogens is 2. The van der Waals surface area contributed by atoms with E-state index in [1.807, 2.05) is 43.6 Å². The van der Waals surface area contributed by atoms with Crippen molar-refractivity contribution in [1.82, 2.24) is 14.7 Å². The smallest absolute Gasteiger partial charge is 0.0950 e. The highest BCUT2D eigenvalue weighted by atomic mass is 15.3. The van der Waals surface area contributed by atoms with Crippen LogP contribution < -0.4 is 0 Å². The largest absolute Gasteiger partial charge is 0.285 e. The first-order valence-corrected chi connectivity index (χ1v) is 4.64. The summed E-state index contributed by atoms with van der Waals surface area (Å²) in [6.45, 7) is 4.62. The van der Waals surface area contributed by atoms with Crippen LogP contribution in [0, 0.1) is 18.3 Å². The Bertz CT molecular complexity index is 347. The Morgan fingerprint density at radius 1 is 1.71 bits per heavy atom. The molecule has 0 fully saturated rings. The fourth-order valence-electron chi connectivity index (χ4n) is 1.30. The van der Waals surface area contributed by atoms with Crippen LogP contribution in [0.5, 0.6) is 0 Å². The second-order valence-electron chi connectivity index (χ2n) is 3.62. The Kier molecular flexibility index (Phi) is 3.26. The van der Waals surface area contributed by atoms with Crippen molar-refractivity contribution in [1.29, 1.82) is 5.26 Å². The van der Waals surface area contributed by atoms with Crippen LogP contribution in [-0.4, -0.2) is 27.8 Å². The summed E-state index contributed by atoms with van der Waals surface area (Å²) < 4.78 is 1.86. The molecule has 4 nitrogen and oxygen atoms in total. The molecule has 14 heavy (non-hydrogen) atoms. The van der Waals surface area contributed by atoms with Gasteiger partial charge >= 0.3 is 0 Å². The van der Waals surface area contributed by atoms with Gasteiger partial charge in [-0.2, -0.15) is 10.4 Å². The molecule has 0 amide bonds. The van der Waals surface area contributed by atoms with Crippen LogP contribution >= 0.6 is 0 Å². The predicted molar refractivity (Wildman–Crippen MR) is 54.5 cm³/mol. The topological polar surface area (TPSA) is 44.9 Å². The van der Waals surface area contributed by atoms with Crippen LogP contribution in [-0.2, 0) is 13.6 Å². The van der Waals surface area contributed by atoms with Crippen LogP contribution in [0.15, 0.2) is 6.07 Å². The van der Waals surface area contributed by atoms with Gasteiger partial charge in [-0.05, 0) is 27.0 Å². The van der Waals surface area contributed by atoms with Gasteiger partial charge in [-0.3, -0.25) is 9.58 Å². The lowest BCUT2D eigenvalue weighted by Gasteiger charge is -2.18. The van der Waals surface area contributed by atoms with E-state index < -0.39 is 0 Å². The van der Waals surface area contributed by atoms with Crippen molar-refractivity contribution in [2.45, 2.75) is 26.4 Å². The van der Waals surface area contributed by atoms with E-state index in [9.17, 15) is 0 Å². The summed E-state index contributed by atoms with van der Waals surface area (Å²) in [6, 6.07) is 4.19. The van der Waals surface area contributed by atoms with E-state index in [4.69, 9.17) is 5.26 Å². The highest BCUT2D eigenvalue weighted by Gasteiger charge is 2.10. The second-order valence-corrected chi connectivity index (χ2v) is 3.62. The summed E-state index contributed by atoms with van der Waals surface area (Å²) in [6.07, 6.45) is 0. The first-order chi connectivity index (χ1) is 6.54. The quantitative estimate of drug-likeness (QED) is 0.719. The molecule has 0 aliphatic rings. The third-order valence-corrected chi connectivity index (χ3v) is 2.36. The van der Waals surface area contributed by atoms with Crippen molar-refractivity contribution in [3.63, 3.8) is 0 Å². The maximum Gasteiger partial charge on any atom is 0.0950 e. The standard InChI is InChI=1S/C10H16N4/c1-8-5-10(14(4)12-8)7-13(3)9(2)6-11/h5,9H,7H2,1-4H3. The zero-order valence-corrected chi connectivity index (χ0v) is 9.15. The normalized spacial score (nSPS) is 12.9. The van der Waals surface area contributed by atoms with Crippen LogP contribution in [0.3, 0.4) is 0 Å². The van der Waals surface area contributed by atoms with E-state index >= 15 is 0 Å². The van der Waals surface area contributed by atoms with Crippen molar-refractivity contribution >= 4 is 0 Å². The number of rotatable bonds is 3. The molecule has 1 aromatic heterocycles. The Hall–Kier alpha value is -1.34. The number of nitriles is 1. The Labute approximate surface area is 84.7 Å². The van der Waals surface area contributed by atoms with Gasteiger partial charge in [-0.1, -0.05) is 0 Å². The molecule has 0 aliphatic heterocycles. The summed E-state index contributed by atoms with van der Waals surface area (Å²) in [7, 11) is 3.86. The lowest BCUT2D eigenvalue weighted by Crippen LogP contribution is -2.27. The maximum absolute atomic E-state index is 8.74. The molecular weight excluding hydrogens is 176 g/mol. The minimum absolute atomic E-state index is 0.0646. The number of hydrogen-bond donors (Lipinski definition) is 0. The van der Waals surface area contributed by atoms with Gasteiger partial charge in [0.2, 0.25) is 0 Å². The molecule has 0 saturated heterocycles. The van der Waals surface area contributed by atoms with Gasteiger partial charge in [0, 0.05) is 13.6 Å². The van der Waals surface area contributed by atoms with Crippen molar-refractivity contribution in [2.75, 3.05) is 7.05 Å². The number of hydrogen-bond acceptors (Lipinski definition) is 3. The lowest BCUT2D eigenvalue weighted by atomic mass is 10.3. The van der Waals surface area contributed by atoms with Crippen molar-refractivity contribution in [3.05, 3.63) is 17.5 Å². The maximum atomic E-state index is 8.74. The molecule has 0 aromatic carbocycles. The molecule has 0 bridgehead atoms. The summed E-state index contributed by atoms with van der Waals surface area (Å²) in [5, 5.41) is 13.0. The fourth-order valence-corrected chi connectivity index (χ4v) is 1.30. The minimum atomic E-state index is -0.0646. The van der Waals surface area contributed by atoms with E-state index in [0.717, 1.165) is 17.9 Å². The van der Waals surface area contributed by atoms with E-state index in [1.54, 1.807) is 0 Å². The molecule has 0 N–H and O–H groups in total. The van der Waals surface area contributed by atoms with Gasteiger partial charge in [-0.15, -0.1) is 0 Å². The molecule has 1 atom stereocenters. The van der Waals surface area contributed by atoms with Gasteiger partial charge in [0.1, 0.15) is 0 Å². The van der Waals surface area contributed by atoms with Crippen LogP contribution in [0.4, 0.5) is 0 Å².